The van der Waals surface area contributed by atoms with Crippen molar-refractivity contribution < 1.29 is 4.79 Å². The highest BCUT2D eigenvalue weighted by Gasteiger charge is 2.20. The normalized spacial score (nSPS) is 11.7. The minimum atomic E-state index is -0.446. The van der Waals surface area contributed by atoms with Crippen LogP contribution in [0.15, 0.2) is 33.9 Å². The molecule has 2 N–H and O–H groups in total. The maximum Gasteiger partial charge on any atom is 0.330 e. The number of aryl methyl sites for hydroxylation is 3. The molecule has 0 spiro atoms. The average molecular weight is 494 g/mol. The Hall–Kier alpha value is -3.69. The molecular formula is C26H35N7O3. The standard InChI is InChI=1S/C26H35N7O3/c1-5-7-14-32-24-23(25(35)30-26(32)36)33(16-17(3)4)20(29-24)12-13-22(34)27-15-21-28-18-10-8-9-11-19(18)31(21)6-2/h8-11,17H,5-7,12-16H2,1-4H3,(H,27,34)(H,30,35,36). The predicted molar refractivity (Wildman–Crippen MR) is 140 cm³/mol. The molecule has 4 rings (SSSR count). The number of nitrogens with zero attached hydrogens (tertiary/aromatic N) is 5. The fraction of sp³-hybridized carbons (Fsp3) is 0.500. The number of fused-ring (bicyclic) bond motifs is 2. The number of para-hydroxylation sites is 2. The van der Waals surface area contributed by atoms with E-state index in [9.17, 15) is 14.4 Å². The fourth-order valence-corrected chi connectivity index (χ4v) is 4.60. The van der Waals surface area contributed by atoms with Gasteiger partial charge in [0.2, 0.25) is 5.91 Å². The van der Waals surface area contributed by atoms with Crippen LogP contribution in [-0.4, -0.2) is 34.6 Å². The Morgan fingerprint density at radius 2 is 1.83 bits per heavy atom. The smallest absolute Gasteiger partial charge is 0.330 e. The van der Waals surface area contributed by atoms with E-state index in [1.807, 2.05) is 35.8 Å². The van der Waals surface area contributed by atoms with Crippen LogP contribution in [0.1, 0.15) is 58.6 Å². The summed E-state index contributed by atoms with van der Waals surface area (Å²) in [6.45, 7) is 10.4. The van der Waals surface area contributed by atoms with E-state index in [2.05, 4.69) is 40.6 Å². The first-order valence-electron chi connectivity index (χ1n) is 12.8. The van der Waals surface area contributed by atoms with Crippen molar-refractivity contribution in [3.05, 3.63) is 56.8 Å². The summed E-state index contributed by atoms with van der Waals surface area (Å²) in [4.78, 5) is 49.8. The number of carbonyl (C=O) groups is 1. The molecule has 0 saturated heterocycles. The number of aromatic nitrogens is 6. The average Bonchev–Trinajstić information content (AvgIpc) is 3.38. The van der Waals surface area contributed by atoms with Gasteiger partial charge in [-0.15, -0.1) is 0 Å². The Bertz CT molecular complexity index is 1490. The van der Waals surface area contributed by atoms with Crippen LogP contribution in [0, 0.1) is 5.92 Å². The van der Waals surface area contributed by atoms with E-state index in [1.54, 1.807) is 0 Å². The molecule has 192 valence electrons. The number of unbranched alkanes of at least 4 members (excludes halogenated alkanes) is 1. The van der Waals surface area contributed by atoms with Gasteiger partial charge in [-0.05, 0) is 31.4 Å². The number of carbonyl (C=O) groups excluding carboxylic acids is 1. The first kappa shape index (κ1) is 25.4. The lowest BCUT2D eigenvalue weighted by molar-refractivity contribution is -0.121. The molecule has 0 aliphatic carbocycles. The van der Waals surface area contributed by atoms with E-state index in [0.29, 0.717) is 43.0 Å². The summed E-state index contributed by atoms with van der Waals surface area (Å²) >= 11 is 0. The zero-order chi connectivity index (χ0) is 25.8. The topological polar surface area (TPSA) is 120 Å². The zero-order valence-electron chi connectivity index (χ0n) is 21.5. The highest BCUT2D eigenvalue weighted by atomic mass is 16.2. The van der Waals surface area contributed by atoms with E-state index in [0.717, 1.165) is 36.2 Å². The molecule has 0 unspecified atom stereocenters. The van der Waals surface area contributed by atoms with Crippen LogP contribution in [0.3, 0.4) is 0 Å². The minimum Gasteiger partial charge on any atom is -0.349 e. The van der Waals surface area contributed by atoms with Crippen molar-refractivity contribution in [1.29, 1.82) is 0 Å². The summed E-state index contributed by atoms with van der Waals surface area (Å²) in [6, 6.07) is 7.92. The van der Waals surface area contributed by atoms with Crippen LogP contribution in [0.5, 0.6) is 0 Å². The summed E-state index contributed by atoms with van der Waals surface area (Å²) in [5.74, 6) is 1.58. The fourth-order valence-electron chi connectivity index (χ4n) is 4.60. The molecule has 0 atom stereocenters. The maximum absolute atomic E-state index is 12.8. The maximum atomic E-state index is 12.8. The highest BCUT2D eigenvalue weighted by Crippen LogP contribution is 2.17. The molecule has 4 aromatic rings. The van der Waals surface area contributed by atoms with Crippen LogP contribution in [0.2, 0.25) is 0 Å². The number of aromatic amines is 1. The lowest BCUT2D eigenvalue weighted by Crippen LogP contribution is -2.31. The second kappa shape index (κ2) is 10.9. The molecular weight excluding hydrogens is 458 g/mol. The largest absolute Gasteiger partial charge is 0.349 e. The number of amides is 1. The summed E-state index contributed by atoms with van der Waals surface area (Å²) in [5, 5.41) is 2.98. The molecule has 1 amide bonds. The SMILES string of the molecule is CCCCn1c(=O)[nH]c(=O)c2c1nc(CCC(=O)NCc1nc3ccccc3n1CC)n2CC(C)C. The number of H-pyrrole nitrogens is 1. The van der Waals surface area contributed by atoms with Gasteiger partial charge in [0.15, 0.2) is 11.2 Å². The van der Waals surface area contributed by atoms with E-state index in [1.165, 1.54) is 4.57 Å². The summed E-state index contributed by atoms with van der Waals surface area (Å²) in [5.41, 5.74) is 1.86. The first-order valence-corrected chi connectivity index (χ1v) is 12.8. The molecule has 10 nitrogen and oxygen atoms in total. The molecule has 0 bridgehead atoms. The first-order chi connectivity index (χ1) is 17.3. The van der Waals surface area contributed by atoms with Gasteiger partial charge in [0.1, 0.15) is 11.6 Å². The second-order valence-electron chi connectivity index (χ2n) is 9.51. The predicted octanol–water partition coefficient (Wildman–Crippen LogP) is 2.96. The van der Waals surface area contributed by atoms with Gasteiger partial charge in [0.05, 0.1) is 17.6 Å². The van der Waals surface area contributed by atoms with Gasteiger partial charge in [-0.2, -0.15) is 0 Å². The van der Waals surface area contributed by atoms with Crippen LogP contribution in [0.4, 0.5) is 0 Å². The van der Waals surface area contributed by atoms with E-state index >= 15 is 0 Å². The lowest BCUT2D eigenvalue weighted by Gasteiger charge is -2.12. The van der Waals surface area contributed by atoms with Gasteiger partial charge in [-0.25, -0.2) is 14.8 Å². The molecule has 0 aliphatic heterocycles. The number of hydrogen-bond acceptors (Lipinski definition) is 5. The van der Waals surface area contributed by atoms with Crippen LogP contribution >= 0.6 is 0 Å². The third-order valence-electron chi connectivity index (χ3n) is 6.32. The van der Waals surface area contributed by atoms with Gasteiger partial charge in [-0.1, -0.05) is 39.3 Å². The van der Waals surface area contributed by atoms with Crippen LogP contribution < -0.4 is 16.6 Å². The van der Waals surface area contributed by atoms with Gasteiger partial charge >= 0.3 is 5.69 Å². The summed E-state index contributed by atoms with van der Waals surface area (Å²) in [6.07, 6.45) is 2.29. The third-order valence-corrected chi connectivity index (χ3v) is 6.32. The number of benzene rings is 1. The molecule has 36 heavy (non-hydrogen) atoms. The molecule has 0 fully saturated rings. The monoisotopic (exact) mass is 493 g/mol. The molecule has 0 saturated carbocycles. The molecule has 0 aliphatic rings. The van der Waals surface area contributed by atoms with E-state index in [4.69, 9.17) is 4.98 Å². The van der Waals surface area contributed by atoms with Crippen molar-refractivity contribution in [1.82, 2.24) is 34.0 Å². The van der Waals surface area contributed by atoms with E-state index < -0.39 is 11.2 Å². The van der Waals surface area contributed by atoms with Crippen molar-refractivity contribution in [2.45, 2.75) is 79.6 Å². The van der Waals surface area contributed by atoms with Gasteiger partial charge in [0.25, 0.3) is 5.56 Å². The van der Waals surface area contributed by atoms with Crippen molar-refractivity contribution in [3.63, 3.8) is 0 Å². The molecule has 1 aromatic carbocycles. The lowest BCUT2D eigenvalue weighted by atomic mass is 10.2. The van der Waals surface area contributed by atoms with Gasteiger partial charge in [-0.3, -0.25) is 19.1 Å². The van der Waals surface area contributed by atoms with Crippen molar-refractivity contribution in [2.75, 3.05) is 0 Å². The quantitative estimate of drug-likeness (QED) is 0.333. The minimum absolute atomic E-state index is 0.120. The van der Waals surface area contributed by atoms with Gasteiger partial charge < -0.3 is 14.5 Å². The van der Waals surface area contributed by atoms with Crippen molar-refractivity contribution in [3.8, 4) is 0 Å². The number of nitrogens with one attached hydrogen (secondary N) is 2. The highest BCUT2D eigenvalue weighted by molar-refractivity contribution is 5.78. The number of imidazole rings is 2. The van der Waals surface area contributed by atoms with Crippen LogP contribution in [0.25, 0.3) is 22.2 Å². The van der Waals surface area contributed by atoms with Crippen molar-refractivity contribution >= 4 is 28.1 Å². The number of rotatable bonds is 11. The third kappa shape index (κ3) is 5.12. The Kier molecular flexibility index (Phi) is 7.71. The molecule has 3 heterocycles. The zero-order valence-corrected chi connectivity index (χ0v) is 21.5. The summed E-state index contributed by atoms with van der Waals surface area (Å²) in [7, 11) is 0. The Morgan fingerprint density at radius 3 is 2.56 bits per heavy atom. The van der Waals surface area contributed by atoms with Crippen molar-refractivity contribution in [2.24, 2.45) is 5.92 Å². The Labute approximate surface area is 209 Å². The molecule has 3 aromatic heterocycles. The van der Waals surface area contributed by atoms with E-state index in [-0.39, 0.29) is 18.2 Å². The summed E-state index contributed by atoms with van der Waals surface area (Å²) < 4.78 is 5.50. The number of hydrogen-bond donors (Lipinski definition) is 2. The van der Waals surface area contributed by atoms with Crippen LogP contribution in [-0.2, 0) is 37.4 Å². The Morgan fingerprint density at radius 1 is 1.06 bits per heavy atom. The molecule has 10 heteroatoms. The van der Waals surface area contributed by atoms with Gasteiger partial charge in [0, 0.05) is 32.5 Å². The second-order valence-corrected chi connectivity index (χ2v) is 9.51. The Balaban J connectivity index is 1.55. The molecule has 0 radical (unpaired) electrons.